The first-order valence-electron chi connectivity index (χ1n) is 6.22. The Morgan fingerprint density at radius 1 is 1.12 bits per heavy atom. The van der Waals surface area contributed by atoms with Crippen molar-refractivity contribution in [3.63, 3.8) is 0 Å². The molecular formula is C11H19NO3S. The highest BCUT2D eigenvalue weighted by Crippen LogP contribution is 2.40. The summed E-state index contributed by atoms with van der Waals surface area (Å²) in [6, 6.07) is 0. The predicted octanol–water partition coefficient (Wildman–Crippen LogP) is 0.429. The highest BCUT2D eigenvalue weighted by molar-refractivity contribution is 7.89. The third-order valence-electron chi connectivity index (χ3n) is 4.32. The van der Waals surface area contributed by atoms with Gasteiger partial charge in [-0.1, -0.05) is 0 Å². The lowest BCUT2D eigenvalue weighted by molar-refractivity contribution is 0.129. The average molecular weight is 245 g/mol. The van der Waals surface area contributed by atoms with Gasteiger partial charge in [-0.2, -0.15) is 0 Å². The smallest absolute Gasteiger partial charge is 0.214 e. The summed E-state index contributed by atoms with van der Waals surface area (Å²) in [5.41, 5.74) is 0. The largest absolute Gasteiger partial charge is 0.393 e. The molecule has 1 saturated heterocycles. The summed E-state index contributed by atoms with van der Waals surface area (Å²) in [6.07, 6.45) is 3.71. The normalized spacial score (nSPS) is 40.2. The third kappa shape index (κ3) is 1.89. The molecule has 16 heavy (non-hydrogen) atoms. The Labute approximate surface area is 96.7 Å². The number of aliphatic hydroxyl groups excluding tert-OH is 1. The van der Waals surface area contributed by atoms with Crippen LogP contribution in [0.3, 0.4) is 0 Å². The first-order chi connectivity index (χ1) is 7.56. The van der Waals surface area contributed by atoms with Crippen molar-refractivity contribution in [3.05, 3.63) is 0 Å². The molecule has 0 amide bonds. The van der Waals surface area contributed by atoms with Crippen molar-refractivity contribution < 1.29 is 13.5 Å². The minimum absolute atomic E-state index is 0.203. The second-order valence-electron chi connectivity index (χ2n) is 5.61. The number of hydrogen-bond acceptors (Lipinski definition) is 3. The molecule has 3 rings (SSSR count). The Kier molecular flexibility index (Phi) is 2.53. The van der Waals surface area contributed by atoms with Crippen molar-refractivity contribution in [3.8, 4) is 0 Å². The zero-order valence-corrected chi connectivity index (χ0v) is 10.2. The minimum Gasteiger partial charge on any atom is -0.393 e. The summed E-state index contributed by atoms with van der Waals surface area (Å²) in [7, 11) is -3.04. The van der Waals surface area contributed by atoms with Crippen molar-refractivity contribution in [1.82, 2.24) is 4.31 Å². The zero-order chi connectivity index (χ0) is 11.3. The van der Waals surface area contributed by atoms with E-state index >= 15 is 0 Å². The molecule has 0 bridgehead atoms. The van der Waals surface area contributed by atoms with E-state index in [1.165, 1.54) is 0 Å². The van der Waals surface area contributed by atoms with Crippen LogP contribution in [0.25, 0.3) is 0 Å². The highest BCUT2D eigenvalue weighted by atomic mass is 32.2. The molecule has 3 atom stereocenters. The molecule has 2 saturated carbocycles. The van der Waals surface area contributed by atoms with Gasteiger partial charge in [0.1, 0.15) is 0 Å². The Morgan fingerprint density at radius 2 is 1.88 bits per heavy atom. The van der Waals surface area contributed by atoms with Crippen LogP contribution < -0.4 is 0 Å². The molecule has 2 aliphatic carbocycles. The van der Waals surface area contributed by atoms with Gasteiger partial charge in [0, 0.05) is 19.0 Å². The first kappa shape index (κ1) is 11.0. The van der Waals surface area contributed by atoms with Crippen LogP contribution in [0.15, 0.2) is 0 Å². The molecule has 0 radical (unpaired) electrons. The topological polar surface area (TPSA) is 57.6 Å². The number of rotatable bonds is 3. The van der Waals surface area contributed by atoms with Crippen molar-refractivity contribution in [2.75, 3.05) is 18.8 Å². The summed E-state index contributed by atoms with van der Waals surface area (Å²) in [5, 5.41) is 9.76. The van der Waals surface area contributed by atoms with Crippen LogP contribution in [0.5, 0.6) is 0 Å². The molecule has 3 unspecified atom stereocenters. The van der Waals surface area contributed by atoms with E-state index in [1.54, 1.807) is 4.31 Å². The van der Waals surface area contributed by atoms with Crippen LogP contribution in [-0.2, 0) is 10.0 Å². The summed E-state index contributed by atoms with van der Waals surface area (Å²) in [4.78, 5) is 0. The fourth-order valence-corrected chi connectivity index (χ4v) is 5.07. The van der Waals surface area contributed by atoms with Gasteiger partial charge in [-0.05, 0) is 37.5 Å². The molecule has 3 fully saturated rings. The summed E-state index contributed by atoms with van der Waals surface area (Å²) in [5.74, 6) is 1.36. The molecule has 0 aromatic heterocycles. The molecule has 0 spiro atoms. The lowest BCUT2D eigenvalue weighted by atomic mass is 10.00. The summed E-state index contributed by atoms with van der Waals surface area (Å²) >= 11 is 0. The third-order valence-corrected chi connectivity index (χ3v) is 6.30. The highest BCUT2D eigenvalue weighted by Gasteiger charge is 2.46. The van der Waals surface area contributed by atoms with Crippen molar-refractivity contribution >= 4 is 10.0 Å². The summed E-state index contributed by atoms with van der Waals surface area (Å²) < 4.78 is 25.8. The van der Waals surface area contributed by atoms with Crippen LogP contribution in [0, 0.1) is 17.8 Å². The van der Waals surface area contributed by atoms with E-state index in [0.717, 1.165) is 25.7 Å². The second kappa shape index (κ2) is 3.68. The van der Waals surface area contributed by atoms with Gasteiger partial charge < -0.3 is 5.11 Å². The maximum Gasteiger partial charge on any atom is 0.214 e. The fourth-order valence-electron chi connectivity index (χ4n) is 3.11. The minimum atomic E-state index is -3.04. The Balaban J connectivity index is 1.68. The first-order valence-corrected chi connectivity index (χ1v) is 7.83. The fraction of sp³-hybridized carbons (Fsp3) is 1.00. The molecule has 1 N–H and O–H groups in total. The van der Waals surface area contributed by atoms with Gasteiger partial charge in [-0.15, -0.1) is 0 Å². The van der Waals surface area contributed by atoms with Gasteiger partial charge in [-0.3, -0.25) is 0 Å². The van der Waals surface area contributed by atoms with Gasteiger partial charge in [-0.25, -0.2) is 12.7 Å². The lowest BCUT2D eigenvalue weighted by Crippen LogP contribution is -2.33. The van der Waals surface area contributed by atoms with E-state index in [2.05, 4.69) is 0 Å². The quantitative estimate of drug-likeness (QED) is 0.784. The Hall–Kier alpha value is -0.130. The Bertz CT molecular complexity index is 377. The van der Waals surface area contributed by atoms with E-state index in [0.29, 0.717) is 30.7 Å². The van der Waals surface area contributed by atoms with Crippen LogP contribution in [0.4, 0.5) is 0 Å². The zero-order valence-electron chi connectivity index (χ0n) is 9.38. The SMILES string of the molecule is O=S(=O)(CC1CC1)N1CC2CCC(O)C2C1. The van der Waals surface area contributed by atoms with Crippen LogP contribution >= 0.6 is 0 Å². The Morgan fingerprint density at radius 3 is 2.50 bits per heavy atom. The number of hydrogen-bond donors (Lipinski definition) is 1. The van der Waals surface area contributed by atoms with Gasteiger partial charge in [0.15, 0.2) is 0 Å². The van der Waals surface area contributed by atoms with Gasteiger partial charge in [0.05, 0.1) is 11.9 Å². The van der Waals surface area contributed by atoms with Crippen LogP contribution in [0.1, 0.15) is 25.7 Å². The molecule has 3 aliphatic rings. The molecule has 0 aromatic rings. The molecular weight excluding hydrogens is 226 g/mol. The number of nitrogens with zero attached hydrogens (tertiary/aromatic N) is 1. The van der Waals surface area contributed by atoms with Gasteiger partial charge >= 0.3 is 0 Å². The number of fused-ring (bicyclic) bond motifs is 1. The monoisotopic (exact) mass is 245 g/mol. The lowest BCUT2D eigenvalue weighted by Gasteiger charge is -2.18. The van der Waals surface area contributed by atoms with E-state index in [4.69, 9.17) is 0 Å². The number of sulfonamides is 1. The molecule has 4 nitrogen and oxygen atoms in total. The maximum absolute atomic E-state index is 12.1. The average Bonchev–Trinajstić information content (AvgIpc) is 2.79. The van der Waals surface area contributed by atoms with Crippen LogP contribution in [0.2, 0.25) is 0 Å². The van der Waals surface area contributed by atoms with Gasteiger partial charge in [0.25, 0.3) is 0 Å². The van der Waals surface area contributed by atoms with E-state index in [-0.39, 0.29) is 12.0 Å². The van der Waals surface area contributed by atoms with Crippen molar-refractivity contribution in [2.45, 2.75) is 31.8 Å². The maximum atomic E-state index is 12.1. The van der Waals surface area contributed by atoms with Crippen LogP contribution in [-0.4, -0.2) is 42.8 Å². The number of aliphatic hydroxyl groups is 1. The van der Waals surface area contributed by atoms with E-state index < -0.39 is 10.0 Å². The van der Waals surface area contributed by atoms with E-state index in [1.807, 2.05) is 0 Å². The van der Waals surface area contributed by atoms with E-state index in [9.17, 15) is 13.5 Å². The summed E-state index contributed by atoms with van der Waals surface area (Å²) in [6.45, 7) is 1.21. The predicted molar refractivity (Wildman–Crippen MR) is 60.3 cm³/mol. The molecule has 0 aromatic carbocycles. The second-order valence-corrected chi connectivity index (χ2v) is 7.62. The molecule has 1 heterocycles. The molecule has 92 valence electrons. The van der Waals surface area contributed by atoms with Gasteiger partial charge in [0.2, 0.25) is 10.0 Å². The molecule has 1 aliphatic heterocycles. The van der Waals surface area contributed by atoms with Crippen molar-refractivity contribution in [1.29, 1.82) is 0 Å². The van der Waals surface area contributed by atoms with Crippen molar-refractivity contribution in [2.24, 2.45) is 17.8 Å². The standard InChI is InChI=1S/C11H19NO3S/c13-11-4-3-9-5-12(6-10(9)11)16(14,15)7-8-1-2-8/h8-11,13H,1-7H2. The molecule has 5 heteroatoms.